The molecule has 0 heterocycles. The molecule has 1 aliphatic rings. The summed E-state index contributed by atoms with van der Waals surface area (Å²) in [7, 11) is -2.32. The SMILES string of the molecule is COC[C@]1(C(=O)O)C[C@H]1S(=O)(=O)c1ccc(Cl)cc1. The first-order valence-electron chi connectivity index (χ1n) is 5.56. The maximum Gasteiger partial charge on any atom is 0.313 e. The molecule has 1 saturated carbocycles. The fourth-order valence-electron chi connectivity index (χ4n) is 2.16. The van der Waals surface area contributed by atoms with E-state index in [-0.39, 0.29) is 17.9 Å². The number of carboxylic acid groups (broad SMARTS) is 1. The third-order valence-corrected chi connectivity index (χ3v) is 5.90. The average molecular weight is 305 g/mol. The van der Waals surface area contributed by atoms with Gasteiger partial charge in [0.1, 0.15) is 5.41 Å². The molecule has 5 nitrogen and oxygen atoms in total. The number of benzene rings is 1. The molecule has 0 amide bonds. The van der Waals surface area contributed by atoms with Gasteiger partial charge in [0.05, 0.1) is 16.8 Å². The van der Waals surface area contributed by atoms with Crippen molar-refractivity contribution in [2.24, 2.45) is 5.41 Å². The molecule has 7 heteroatoms. The molecule has 2 rings (SSSR count). The smallest absolute Gasteiger partial charge is 0.313 e. The Bertz CT molecular complexity index is 595. The number of rotatable bonds is 5. The van der Waals surface area contributed by atoms with Crippen LogP contribution in [0, 0.1) is 5.41 Å². The Balaban J connectivity index is 2.33. The van der Waals surface area contributed by atoms with Crippen molar-refractivity contribution in [2.45, 2.75) is 16.6 Å². The first kappa shape index (κ1) is 14.3. The molecule has 1 aromatic rings. The van der Waals surface area contributed by atoms with Crippen LogP contribution in [0.1, 0.15) is 6.42 Å². The van der Waals surface area contributed by atoms with Gasteiger partial charge in [0, 0.05) is 12.1 Å². The summed E-state index contributed by atoms with van der Waals surface area (Å²) in [6, 6.07) is 5.70. The Kier molecular flexibility index (Phi) is 3.59. The van der Waals surface area contributed by atoms with E-state index in [1.807, 2.05) is 0 Å². The number of hydrogen-bond acceptors (Lipinski definition) is 4. The van der Waals surface area contributed by atoms with Crippen molar-refractivity contribution in [1.82, 2.24) is 0 Å². The Labute approximate surface area is 116 Å². The number of sulfone groups is 1. The minimum absolute atomic E-state index is 0.0706. The van der Waals surface area contributed by atoms with Gasteiger partial charge in [-0.25, -0.2) is 8.42 Å². The fraction of sp³-hybridized carbons (Fsp3) is 0.417. The van der Waals surface area contributed by atoms with E-state index in [1.165, 1.54) is 31.4 Å². The second-order valence-electron chi connectivity index (χ2n) is 4.59. The van der Waals surface area contributed by atoms with Crippen LogP contribution in [0.25, 0.3) is 0 Å². The van der Waals surface area contributed by atoms with Gasteiger partial charge in [-0.2, -0.15) is 0 Å². The molecule has 0 aliphatic heterocycles. The van der Waals surface area contributed by atoms with Crippen molar-refractivity contribution in [1.29, 1.82) is 0 Å². The molecule has 1 aromatic carbocycles. The second-order valence-corrected chi connectivity index (χ2v) is 7.15. The van der Waals surface area contributed by atoms with E-state index in [9.17, 15) is 18.3 Å². The molecule has 0 bridgehead atoms. The zero-order valence-electron chi connectivity index (χ0n) is 10.2. The van der Waals surface area contributed by atoms with Crippen molar-refractivity contribution in [3.05, 3.63) is 29.3 Å². The molecule has 104 valence electrons. The monoisotopic (exact) mass is 304 g/mol. The zero-order chi connectivity index (χ0) is 14.3. The van der Waals surface area contributed by atoms with Gasteiger partial charge < -0.3 is 9.84 Å². The van der Waals surface area contributed by atoms with Gasteiger partial charge in [0.15, 0.2) is 9.84 Å². The molecule has 0 unspecified atom stereocenters. The summed E-state index contributed by atoms with van der Waals surface area (Å²) in [6.07, 6.45) is 0.0706. The molecule has 0 aromatic heterocycles. The highest BCUT2D eigenvalue weighted by Gasteiger charge is 2.67. The summed E-state index contributed by atoms with van der Waals surface area (Å²) in [5, 5.41) is 8.68. The van der Waals surface area contributed by atoms with E-state index in [0.29, 0.717) is 5.02 Å². The van der Waals surface area contributed by atoms with Crippen LogP contribution in [0.3, 0.4) is 0 Å². The number of hydrogen-bond donors (Lipinski definition) is 1. The van der Waals surface area contributed by atoms with Crippen LogP contribution in [0.5, 0.6) is 0 Å². The van der Waals surface area contributed by atoms with E-state index in [1.54, 1.807) is 0 Å². The summed E-state index contributed by atoms with van der Waals surface area (Å²) in [6.45, 7) is -0.111. The van der Waals surface area contributed by atoms with Crippen LogP contribution in [0.4, 0.5) is 0 Å². The highest BCUT2D eigenvalue weighted by molar-refractivity contribution is 7.92. The van der Waals surface area contributed by atoms with Gasteiger partial charge >= 0.3 is 5.97 Å². The number of methoxy groups -OCH3 is 1. The molecule has 19 heavy (non-hydrogen) atoms. The first-order chi connectivity index (χ1) is 8.84. The average Bonchev–Trinajstić information content (AvgIpc) is 3.07. The van der Waals surface area contributed by atoms with Crippen molar-refractivity contribution in [3.63, 3.8) is 0 Å². The van der Waals surface area contributed by atoms with Gasteiger partial charge in [0.25, 0.3) is 0 Å². The van der Waals surface area contributed by atoms with Crippen LogP contribution < -0.4 is 0 Å². The Hall–Kier alpha value is -1.11. The minimum atomic E-state index is -3.68. The number of ether oxygens (including phenoxy) is 1. The van der Waals surface area contributed by atoms with Crippen LogP contribution in [-0.2, 0) is 19.4 Å². The molecule has 0 spiro atoms. The maximum atomic E-state index is 12.3. The lowest BCUT2D eigenvalue weighted by Crippen LogP contribution is -2.28. The topological polar surface area (TPSA) is 80.7 Å². The van der Waals surface area contributed by atoms with Crippen LogP contribution >= 0.6 is 11.6 Å². The number of carboxylic acids is 1. The van der Waals surface area contributed by atoms with Crippen LogP contribution in [0.15, 0.2) is 29.2 Å². The van der Waals surface area contributed by atoms with Gasteiger partial charge in [-0.1, -0.05) is 11.6 Å². The predicted octanol–water partition coefficient (Wildman–Crippen LogP) is 1.60. The third-order valence-electron chi connectivity index (χ3n) is 3.35. The van der Waals surface area contributed by atoms with E-state index in [0.717, 1.165) is 0 Å². The Morgan fingerprint density at radius 3 is 2.53 bits per heavy atom. The van der Waals surface area contributed by atoms with E-state index in [2.05, 4.69) is 0 Å². The highest BCUT2D eigenvalue weighted by atomic mass is 35.5. The number of carbonyl (C=O) groups is 1. The molecule has 1 N–H and O–H groups in total. The molecular weight excluding hydrogens is 292 g/mol. The normalized spacial score (nSPS) is 26.1. The largest absolute Gasteiger partial charge is 0.481 e. The van der Waals surface area contributed by atoms with Crippen molar-refractivity contribution < 1.29 is 23.1 Å². The third kappa shape index (κ3) is 2.35. The lowest BCUT2D eigenvalue weighted by molar-refractivity contribution is -0.145. The van der Waals surface area contributed by atoms with Gasteiger partial charge in [-0.15, -0.1) is 0 Å². The second kappa shape index (κ2) is 4.77. The quantitative estimate of drug-likeness (QED) is 0.893. The first-order valence-corrected chi connectivity index (χ1v) is 7.49. The molecule has 0 radical (unpaired) electrons. The minimum Gasteiger partial charge on any atom is -0.481 e. The summed E-state index contributed by atoms with van der Waals surface area (Å²) < 4.78 is 29.5. The number of halogens is 1. The van der Waals surface area contributed by atoms with Crippen molar-refractivity contribution >= 4 is 27.4 Å². The summed E-state index contributed by atoms with van der Waals surface area (Å²) >= 11 is 5.70. The summed E-state index contributed by atoms with van der Waals surface area (Å²) in [5.74, 6) is -1.14. The van der Waals surface area contributed by atoms with Crippen molar-refractivity contribution in [3.8, 4) is 0 Å². The molecule has 2 atom stereocenters. The van der Waals surface area contributed by atoms with E-state index >= 15 is 0 Å². The standard InChI is InChI=1S/C12H13ClO5S/c1-18-7-12(11(14)15)6-10(12)19(16,17)9-4-2-8(13)3-5-9/h2-5,10H,6-7H2,1H3,(H,14,15)/t10-,12-/m1/s1. The zero-order valence-corrected chi connectivity index (χ0v) is 11.7. The summed E-state index contributed by atoms with van der Waals surface area (Å²) in [5.41, 5.74) is -1.33. The maximum absolute atomic E-state index is 12.3. The number of aliphatic carboxylic acids is 1. The summed E-state index contributed by atoms with van der Waals surface area (Å²) in [4.78, 5) is 11.3. The van der Waals surface area contributed by atoms with E-state index < -0.39 is 26.5 Å². The lowest BCUT2D eigenvalue weighted by atomic mass is 10.1. The Morgan fingerprint density at radius 2 is 2.05 bits per heavy atom. The van der Waals surface area contributed by atoms with E-state index in [4.69, 9.17) is 16.3 Å². The molecular formula is C12H13ClO5S. The fourth-order valence-corrected chi connectivity index (χ4v) is 4.41. The highest BCUT2D eigenvalue weighted by Crippen LogP contribution is 2.53. The predicted molar refractivity (Wildman–Crippen MR) is 69.0 cm³/mol. The van der Waals surface area contributed by atoms with Crippen LogP contribution in [-0.4, -0.2) is 38.5 Å². The van der Waals surface area contributed by atoms with Gasteiger partial charge in [-0.3, -0.25) is 4.79 Å². The van der Waals surface area contributed by atoms with Gasteiger partial charge in [-0.05, 0) is 30.7 Å². The molecule has 1 fully saturated rings. The lowest BCUT2D eigenvalue weighted by Gasteiger charge is -2.11. The van der Waals surface area contributed by atoms with Crippen LogP contribution in [0.2, 0.25) is 5.02 Å². The molecule has 0 saturated heterocycles. The molecule has 1 aliphatic carbocycles. The van der Waals surface area contributed by atoms with Crippen molar-refractivity contribution in [2.75, 3.05) is 13.7 Å². The Morgan fingerprint density at radius 1 is 1.47 bits per heavy atom. The van der Waals surface area contributed by atoms with Gasteiger partial charge in [0.2, 0.25) is 0 Å².